The minimum Gasteiger partial charge on any atom is -0.374 e. The largest absolute Gasteiger partial charge is 0.374 e. The van der Waals surface area contributed by atoms with Crippen molar-refractivity contribution in [3.05, 3.63) is 15.6 Å². The minimum absolute atomic E-state index is 0.113. The van der Waals surface area contributed by atoms with E-state index in [-0.39, 0.29) is 6.10 Å². The molecule has 0 spiro atoms. The van der Waals surface area contributed by atoms with Gasteiger partial charge >= 0.3 is 0 Å². The van der Waals surface area contributed by atoms with E-state index in [1.54, 1.807) is 18.4 Å². The monoisotopic (exact) mass is 284 g/mol. The fraction of sp³-hybridized carbons (Fsp3) is 0.800. The highest BCUT2D eigenvalue weighted by Gasteiger charge is 2.22. The van der Waals surface area contributed by atoms with Crippen LogP contribution in [0, 0.1) is 5.92 Å². The number of thiazole rings is 1. The zero-order valence-electron chi connectivity index (χ0n) is 13.1. The third kappa shape index (κ3) is 4.55. The molecule has 110 valence electrons. The molecule has 0 aromatic carbocycles. The average Bonchev–Trinajstić information content (AvgIpc) is 2.74. The Kier molecular flexibility index (Phi) is 6.97. The van der Waals surface area contributed by atoms with Gasteiger partial charge in [0.25, 0.3) is 0 Å². The van der Waals surface area contributed by atoms with Crippen LogP contribution in [0.5, 0.6) is 0 Å². The van der Waals surface area contributed by atoms with Crippen LogP contribution in [-0.2, 0) is 11.3 Å². The van der Waals surface area contributed by atoms with E-state index in [9.17, 15) is 0 Å². The van der Waals surface area contributed by atoms with Crippen LogP contribution >= 0.6 is 11.3 Å². The van der Waals surface area contributed by atoms with Crippen LogP contribution in [0.4, 0.5) is 0 Å². The van der Waals surface area contributed by atoms with E-state index in [0.717, 1.165) is 24.5 Å². The summed E-state index contributed by atoms with van der Waals surface area (Å²) in [4.78, 5) is 6.20. The quantitative estimate of drug-likeness (QED) is 0.729. The molecule has 0 radical (unpaired) electrons. The summed E-state index contributed by atoms with van der Waals surface area (Å²) < 4.78 is 5.60. The fourth-order valence-electron chi connectivity index (χ4n) is 2.12. The smallest absolute Gasteiger partial charge is 0.122 e. The van der Waals surface area contributed by atoms with Crippen molar-refractivity contribution in [2.24, 2.45) is 5.92 Å². The van der Waals surface area contributed by atoms with Gasteiger partial charge in [-0.15, -0.1) is 11.3 Å². The maximum absolute atomic E-state index is 5.60. The molecule has 3 nitrogen and oxygen atoms in total. The summed E-state index contributed by atoms with van der Waals surface area (Å²) in [7, 11) is 1.77. The Balaban J connectivity index is 2.92. The molecule has 1 rings (SSSR count). The van der Waals surface area contributed by atoms with E-state index >= 15 is 0 Å². The van der Waals surface area contributed by atoms with E-state index in [0.29, 0.717) is 11.8 Å². The summed E-state index contributed by atoms with van der Waals surface area (Å²) in [6.07, 6.45) is 1.28. The van der Waals surface area contributed by atoms with Crippen LogP contribution in [-0.4, -0.2) is 18.6 Å². The zero-order chi connectivity index (χ0) is 14.4. The van der Waals surface area contributed by atoms with Crippen molar-refractivity contribution in [1.82, 2.24) is 10.3 Å². The number of hydrogen-bond donors (Lipinski definition) is 1. The van der Waals surface area contributed by atoms with Crippen LogP contribution in [0.15, 0.2) is 0 Å². The van der Waals surface area contributed by atoms with Gasteiger partial charge in [0, 0.05) is 18.5 Å². The molecule has 1 aromatic rings. The van der Waals surface area contributed by atoms with Crippen LogP contribution in [0.25, 0.3) is 0 Å². The van der Waals surface area contributed by atoms with Crippen LogP contribution in [0.1, 0.15) is 68.6 Å². The molecule has 1 N–H and O–H groups in total. The molecule has 0 aliphatic heterocycles. The molecule has 0 aliphatic rings. The predicted molar refractivity (Wildman–Crippen MR) is 82.8 cm³/mol. The van der Waals surface area contributed by atoms with E-state index in [1.807, 2.05) is 0 Å². The molecule has 0 amide bonds. The maximum Gasteiger partial charge on any atom is 0.122 e. The molecular weight excluding hydrogens is 256 g/mol. The fourth-order valence-corrected chi connectivity index (χ4v) is 3.56. The highest BCUT2D eigenvalue weighted by molar-refractivity contribution is 7.11. The second-order valence-electron chi connectivity index (χ2n) is 5.59. The first kappa shape index (κ1) is 16.6. The number of hydrogen-bond acceptors (Lipinski definition) is 4. The summed E-state index contributed by atoms with van der Waals surface area (Å²) in [6.45, 7) is 12.9. The lowest BCUT2D eigenvalue weighted by Crippen LogP contribution is -2.14. The molecule has 4 heteroatoms. The number of rotatable bonds is 8. The van der Waals surface area contributed by atoms with Gasteiger partial charge in [-0.05, 0) is 24.8 Å². The van der Waals surface area contributed by atoms with Gasteiger partial charge in [-0.3, -0.25) is 0 Å². The van der Waals surface area contributed by atoms with Crippen molar-refractivity contribution in [2.75, 3.05) is 13.7 Å². The molecule has 19 heavy (non-hydrogen) atoms. The Hall–Kier alpha value is -0.450. The first-order chi connectivity index (χ1) is 9.01. The molecule has 0 bridgehead atoms. The molecule has 0 saturated heterocycles. The van der Waals surface area contributed by atoms with E-state index in [4.69, 9.17) is 9.72 Å². The van der Waals surface area contributed by atoms with Crippen molar-refractivity contribution in [2.45, 2.75) is 59.6 Å². The molecule has 1 aromatic heterocycles. The van der Waals surface area contributed by atoms with Gasteiger partial charge in [0.05, 0.1) is 5.69 Å². The van der Waals surface area contributed by atoms with Crippen molar-refractivity contribution >= 4 is 11.3 Å². The third-order valence-corrected chi connectivity index (χ3v) is 4.24. The summed E-state index contributed by atoms with van der Waals surface area (Å²) in [5.41, 5.74) is 1.23. The number of nitrogens with one attached hydrogen (secondary N) is 1. The van der Waals surface area contributed by atoms with Crippen molar-refractivity contribution in [1.29, 1.82) is 0 Å². The Morgan fingerprint density at radius 2 is 1.95 bits per heavy atom. The molecule has 0 aliphatic carbocycles. The Bertz CT molecular complexity index is 374. The minimum atomic E-state index is 0.113. The highest BCUT2D eigenvalue weighted by Crippen LogP contribution is 2.33. The van der Waals surface area contributed by atoms with E-state index in [1.165, 1.54) is 10.6 Å². The Labute approximate surface area is 121 Å². The summed E-state index contributed by atoms with van der Waals surface area (Å²) >= 11 is 1.80. The second kappa shape index (κ2) is 7.98. The summed E-state index contributed by atoms with van der Waals surface area (Å²) in [5, 5.41) is 4.60. The van der Waals surface area contributed by atoms with Gasteiger partial charge in [0.15, 0.2) is 0 Å². The molecule has 1 atom stereocenters. The van der Waals surface area contributed by atoms with Gasteiger partial charge in [0.2, 0.25) is 0 Å². The number of methoxy groups -OCH3 is 1. The topological polar surface area (TPSA) is 34.1 Å². The standard InChI is InChI=1S/C15H28N2OS/c1-7-8-16-9-12-13(10(2)3)17-15(19-12)14(18-6)11(4)5/h10-11,14,16H,7-9H2,1-6H3. The van der Waals surface area contributed by atoms with Gasteiger partial charge in [-0.1, -0.05) is 34.6 Å². The average molecular weight is 284 g/mol. The van der Waals surface area contributed by atoms with Gasteiger partial charge in [-0.2, -0.15) is 0 Å². The van der Waals surface area contributed by atoms with Crippen LogP contribution < -0.4 is 5.32 Å². The van der Waals surface area contributed by atoms with E-state index in [2.05, 4.69) is 39.9 Å². The lowest BCUT2D eigenvalue weighted by Gasteiger charge is -2.16. The van der Waals surface area contributed by atoms with Gasteiger partial charge < -0.3 is 10.1 Å². The van der Waals surface area contributed by atoms with Crippen molar-refractivity contribution in [3.8, 4) is 0 Å². The maximum atomic E-state index is 5.60. The molecule has 1 heterocycles. The predicted octanol–water partition coefficient (Wildman–Crippen LogP) is 4.11. The SMILES string of the molecule is CCCNCc1sc(C(OC)C(C)C)nc1C(C)C. The Morgan fingerprint density at radius 3 is 2.42 bits per heavy atom. The lowest BCUT2D eigenvalue weighted by atomic mass is 10.1. The molecule has 0 fully saturated rings. The van der Waals surface area contributed by atoms with Crippen LogP contribution in [0.3, 0.4) is 0 Å². The summed E-state index contributed by atoms with van der Waals surface area (Å²) in [6, 6.07) is 0. The second-order valence-corrected chi connectivity index (χ2v) is 6.71. The van der Waals surface area contributed by atoms with E-state index < -0.39 is 0 Å². The number of nitrogens with zero attached hydrogens (tertiary/aromatic N) is 1. The van der Waals surface area contributed by atoms with Crippen molar-refractivity contribution in [3.63, 3.8) is 0 Å². The molecule has 0 saturated carbocycles. The normalized spacial score (nSPS) is 13.5. The Morgan fingerprint density at radius 1 is 1.26 bits per heavy atom. The number of ether oxygens (including phenoxy) is 1. The molecular formula is C15H28N2OS. The molecule has 1 unspecified atom stereocenters. The van der Waals surface area contributed by atoms with Gasteiger partial charge in [0.1, 0.15) is 11.1 Å². The first-order valence-corrected chi connectivity index (χ1v) is 8.05. The van der Waals surface area contributed by atoms with Gasteiger partial charge in [-0.25, -0.2) is 4.98 Å². The van der Waals surface area contributed by atoms with Crippen LogP contribution in [0.2, 0.25) is 0 Å². The summed E-state index contributed by atoms with van der Waals surface area (Å²) in [5.74, 6) is 0.917. The zero-order valence-corrected chi connectivity index (χ0v) is 13.9. The number of aromatic nitrogens is 1. The highest BCUT2D eigenvalue weighted by atomic mass is 32.1. The lowest BCUT2D eigenvalue weighted by molar-refractivity contribution is 0.0643. The van der Waals surface area contributed by atoms with Crippen molar-refractivity contribution < 1.29 is 4.74 Å². The third-order valence-electron chi connectivity index (χ3n) is 3.11. The first-order valence-electron chi connectivity index (χ1n) is 7.24.